The van der Waals surface area contributed by atoms with Crippen molar-refractivity contribution in [1.29, 1.82) is 0 Å². The first-order chi connectivity index (χ1) is 10.0. The van der Waals surface area contributed by atoms with Crippen LogP contribution in [0.4, 0.5) is 14.5 Å². The second kappa shape index (κ2) is 6.54. The SMILES string of the molecule is COC(=O)c1ccc(NCc2ccc(Cl)cc2)c(F)c1F. The molecule has 0 saturated heterocycles. The molecule has 0 bridgehead atoms. The number of rotatable bonds is 4. The lowest BCUT2D eigenvalue weighted by Gasteiger charge is -2.10. The topological polar surface area (TPSA) is 38.3 Å². The van der Waals surface area contributed by atoms with Crippen LogP contribution >= 0.6 is 11.6 Å². The summed E-state index contributed by atoms with van der Waals surface area (Å²) in [5, 5.41) is 3.36. The third-order valence-electron chi connectivity index (χ3n) is 2.88. The first kappa shape index (κ1) is 15.3. The molecule has 0 aromatic heterocycles. The molecule has 0 unspecified atom stereocenters. The predicted molar refractivity (Wildman–Crippen MR) is 76.5 cm³/mol. The molecule has 0 saturated carbocycles. The van der Waals surface area contributed by atoms with Crippen molar-refractivity contribution in [2.24, 2.45) is 0 Å². The Balaban J connectivity index is 2.16. The number of anilines is 1. The highest BCUT2D eigenvalue weighted by Gasteiger charge is 2.18. The molecule has 1 N–H and O–H groups in total. The van der Waals surface area contributed by atoms with Crippen molar-refractivity contribution in [2.45, 2.75) is 6.54 Å². The Morgan fingerprint density at radius 1 is 1.14 bits per heavy atom. The highest BCUT2D eigenvalue weighted by Crippen LogP contribution is 2.22. The van der Waals surface area contributed by atoms with Gasteiger partial charge in [-0.25, -0.2) is 13.6 Å². The zero-order valence-electron chi connectivity index (χ0n) is 11.1. The molecule has 0 fully saturated rings. The summed E-state index contributed by atoms with van der Waals surface area (Å²) >= 11 is 5.76. The number of nitrogens with one attached hydrogen (secondary N) is 1. The largest absolute Gasteiger partial charge is 0.465 e. The zero-order valence-corrected chi connectivity index (χ0v) is 11.9. The lowest BCUT2D eigenvalue weighted by atomic mass is 10.1. The summed E-state index contributed by atoms with van der Waals surface area (Å²) in [5.74, 6) is -3.27. The average molecular weight is 312 g/mol. The van der Waals surface area contributed by atoms with Crippen molar-refractivity contribution in [3.63, 3.8) is 0 Å². The Labute approximate surface area is 125 Å². The summed E-state index contributed by atoms with van der Waals surface area (Å²) in [5.41, 5.74) is 0.387. The quantitative estimate of drug-likeness (QED) is 0.867. The van der Waals surface area contributed by atoms with E-state index in [2.05, 4.69) is 10.1 Å². The van der Waals surface area contributed by atoms with Crippen LogP contribution in [0, 0.1) is 11.6 Å². The molecule has 0 aliphatic carbocycles. The fraction of sp³-hybridized carbons (Fsp3) is 0.133. The summed E-state index contributed by atoms with van der Waals surface area (Å²) in [7, 11) is 1.10. The normalized spacial score (nSPS) is 10.3. The molecule has 21 heavy (non-hydrogen) atoms. The molecule has 0 aliphatic rings. The maximum atomic E-state index is 13.9. The Kier molecular flexibility index (Phi) is 4.75. The van der Waals surface area contributed by atoms with Gasteiger partial charge >= 0.3 is 5.97 Å². The van der Waals surface area contributed by atoms with E-state index in [1.807, 2.05) is 0 Å². The second-order valence-corrected chi connectivity index (χ2v) is 4.70. The van der Waals surface area contributed by atoms with E-state index in [4.69, 9.17) is 11.6 Å². The van der Waals surface area contributed by atoms with Crippen LogP contribution in [-0.2, 0) is 11.3 Å². The number of carbonyl (C=O) groups is 1. The van der Waals surface area contributed by atoms with Crippen LogP contribution in [0.15, 0.2) is 36.4 Å². The molecular formula is C15H12ClF2NO2. The van der Waals surface area contributed by atoms with Gasteiger partial charge in [-0.15, -0.1) is 0 Å². The van der Waals surface area contributed by atoms with E-state index in [-0.39, 0.29) is 5.69 Å². The molecule has 2 rings (SSSR count). The number of hydrogen-bond acceptors (Lipinski definition) is 3. The summed E-state index contributed by atoms with van der Waals surface area (Å²) < 4.78 is 32.0. The van der Waals surface area contributed by atoms with E-state index in [9.17, 15) is 13.6 Å². The van der Waals surface area contributed by atoms with Gasteiger partial charge in [0.25, 0.3) is 0 Å². The molecule has 3 nitrogen and oxygen atoms in total. The maximum Gasteiger partial charge on any atom is 0.340 e. The van der Waals surface area contributed by atoms with Gasteiger partial charge in [-0.3, -0.25) is 0 Å². The van der Waals surface area contributed by atoms with Crippen molar-refractivity contribution in [3.05, 3.63) is 64.2 Å². The van der Waals surface area contributed by atoms with Gasteiger partial charge in [0.05, 0.1) is 18.4 Å². The number of hydrogen-bond donors (Lipinski definition) is 1. The second-order valence-electron chi connectivity index (χ2n) is 4.26. The summed E-state index contributed by atoms with van der Waals surface area (Å²) in [4.78, 5) is 11.2. The molecular weight excluding hydrogens is 300 g/mol. The van der Waals surface area contributed by atoms with Gasteiger partial charge in [0, 0.05) is 11.6 Å². The molecule has 0 aliphatic heterocycles. The van der Waals surface area contributed by atoms with Gasteiger partial charge < -0.3 is 10.1 Å². The molecule has 0 amide bonds. The number of methoxy groups -OCH3 is 1. The minimum atomic E-state index is -1.23. The number of ether oxygens (including phenoxy) is 1. The molecule has 0 spiro atoms. The van der Waals surface area contributed by atoms with Gasteiger partial charge in [-0.2, -0.15) is 0 Å². The number of carbonyl (C=O) groups excluding carboxylic acids is 1. The fourth-order valence-electron chi connectivity index (χ4n) is 1.75. The lowest BCUT2D eigenvalue weighted by molar-refractivity contribution is 0.0594. The van der Waals surface area contributed by atoms with E-state index < -0.39 is 23.2 Å². The van der Waals surface area contributed by atoms with E-state index in [0.29, 0.717) is 11.6 Å². The van der Waals surface area contributed by atoms with Crippen LogP contribution in [0.25, 0.3) is 0 Å². The first-order valence-corrected chi connectivity index (χ1v) is 6.45. The van der Waals surface area contributed by atoms with Crippen LogP contribution in [0.1, 0.15) is 15.9 Å². The van der Waals surface area contributed by atoms with E-state index in [1.165, 1.54) is 12.1 Å². The molecule has 6 heteroatoms. The van der Waals surface area contributed by atoms with E-state index in [1.54, 1.807) is 24.3 Å². The summed E-state index contributed by atoms with van der Waals surface area (Å²) in [6, 6.07) is 9.42. The van der Waals surface area contributed by atoms with Crippen LogP contribution in [0.3, 0.4) is 0 Å². The zero-order chi connectivity index (χ0) is 15.4. The highest BCUT2D eigenvalue weighted by atomic mass is 35.5. The van der Waals surface area contributed by atoms with E-state index >= 15 is 0 Å². The number of benzene rings is 2. The molecule has 0 heterocycles. The van der Waals surface area contributed by atoms with Gasteiger partial charge in [0.15, 0.2) is 11.6 Å². The molecule has 110 valence electrons. The summed E-state index contributed by atoms with van der Waals surface area (Å²) in [6.07, 6.45) is 0. The third kappa shape index (κ3) is 3.49. The van der Waals surface area contributed by atoms with E-state index in [0.717, 1.165) is 12.7 Å². The third-order valence-corrected chi connectivity index (χ3v) is 3.14. The van der Waals surface area contributed by atoms with Crippen LogP contribution in [0.2, 0.25) is 5.02 Å². The highest BCUT2D eigenvalue weighted by molar-refractivity contribution is 6.30. The van der Waals surface area contributed by atoms with Gasteiger partial charge in [-0.1, -0.05) is 23.7 Å². The van der Waals surface area contributed by atoms with Crippen molar-refractivity contribution in [1.82, 2.24) is 0 Å². The van der Waals surface area contributed by atoms with Gasteiger partial charge in [0.1, 0.15) is 0 Å². The molecule has 2 aromatic carbocycles. The Morgan fingerprint density at radius 3 is 2.43 bits per heavy atom. The standard InChI is InChI=1S/C15H12ClF2NO2/c1-21-15(20)11-6-7-12(14(18)13(11)17)19-8-9-2-4-10(16)5-3-9/h2-7,19H,8H2,1H3. The number of esters is 1. The van der Waals surface area contributed by atoms with Gasteiger partial charge in [-0.05, 0) is 29.8 Å². The average Bonchev–Trinajstić information content (AvgIpc) is 2.49. The van der Waals surface area contributed by atoms with Crippen molar-refractivity contribution >= 4 is 23.3 Å². The fourth-order valence-corrected chi connectivity index (χ4v) is 1.88. The molecule has 2 aromatic rings. The van der Waals surface area contributed by atoms with Crippen molar-refractivity contribution in [2.75, 3.05) is 12.4 Å². The van der Waals surface area contributed by atoms with Crippen LogP contribution in [0.5, 0.6) is 0 Å². The van der Waals surface area contributed by atoms with Gasteiger partial charge in [0.2, 0.25) is 0 Å². The Morgan fingerprint density at radius 2 is 1.81 bits per heavy atom. The van der Waals surface area contributed by atoms with Crippen LogP contribution in [-0.4, -0.2) is 13.1 Å². The maximum absolute atomic E-state index is 13.9. The Bertz CT molecular complexity index is 659. The van der Waals surface area contributed by atoms with Crippen molar-refractivity contribution in [3.8, 4) is 0 Å². The number of halogens is 3. The Hall–Kier alpha value is -2.14. The van der Waals surface area contributed by atoms with Crippen LogP contribution < -0.4 is 5.32 Å². The first-order valence-electron chi connectivity index (χ1n) is 6.07. The predicted octanol–water partition coefficient (Wildman–Crippen LogP) is 4.02. The smallest absolute Gasteiger partial charge is 0.340 e. The monoisotopic (exact) mass is 311 g/mol. The molecule has 0 radical (unpaired) electrons. The summed E-state index contributed by atoms with van der Waals surface area (Å²) in [6.45, 7) is 0.297. The lowest BCUT2D eigenvalue weighted by Crippen LogP contribution is -2.09. The minimum Gasteiger partial charge on any atom is -0.465 e. The molecule has 0 atom stereocenters. The minimum absolute atomic E-state index is 0.0323. The van der Waals surface area contributed by atoms with Crippen molar-refractivity contribution < 1.29 is 18.3 Å².